The Labute approximate surface area is 102 Å². The van der Waals surface area contributed by atoms with Gasteiger partial charge in [0.25, 0.3) is 5.78 Å². The van der Waals surface area contributed by atoms with Crippen LogP contribution in [0.15, 0.2) is 30.5 Å². The maximum Gasteiger partial charge on any atom is 0.250 e. The molecule has 92 valence electrons. The molecule has 2 aromatic heterocycles. The predicted molar refractivity (Wildman–Crippen MR) is 64.4 cm³/mol. The van der Waals surface area contributed by atoms with Gasteiger partial charge in [0.1, 0.15) is 11.6 Å². The molecular weight excluding hydrogens is 233 g/mol. The molecular formula is C12H12FN5. The lowest BCUT2D eigenvalue weighted by Crippen LogP contribution is -1.97. The van der Waals surface area contributed by atoms with E-state index in [1.165, 1.54) is 12.1 Å². The normalized spacial score (nSPS) is 11.2. The van der Waals surface area contributed by atoms with Crippen LogP contribution in [0.4, 0.5) is 4.39 Å². The van der Waals surface area contributed by atoms with E-state index in [4.69, 9.17) is 5.73 Å². The summed E-state index contributed by atoms with van der Waals surface area (Å²) in [6.07, 6.45) is 2.43. The fourth-order valence-electron chi connectivity index (χ4n) is 1.84. The van der Waals surface area contributed by atoms with Crippen LogP contribution in [-0.4, -0.2) is 19.6 Å². The molecule has 0 unspecified atom stereocenters. The van der Waals surface area contributed by atoms with Gasteiger partial charge in [-0.1, -0.05) is 12.1 Å². The van der Waals surface area contributed by atoms with Crippen molar-refractivity contribution in [2.45, 2.75) is 13.0 Å². The number of halogens is 1. The SMILES string of the molecule is NCc1cn2[nH]c(Cc3ccc(F)cc3)nc2n1. The molecule has 18 heavy (non-hydrogen) atoms. The molecule has 0 aliphatic carbocycles. The standard InChI is InChI=1S/C12H12FN5/c13-9-3-1-8(2-4-9)5-11-16-12-15-10(6-14)7-18(12)17-11/h1-4,7H,5-6,14H2,(H,15,16,17). The lowest BCUT2D eigenvalue weighted by molar-refractivity contribution is 0.627. The minimum absolute atomic E-state index is 0.236. The Kier molecular flexibility index (Phi) is 2.56. The average molecular weight is 245 g/mol. The molecule has 6 heteroatoms. The Morgan fingerprint density at radius 3 is 2.67 bits per heavy atom. The first-order valence-electron chi connectivity index (χ1n) is 5.62. The van der Waals surface area contributed by atoms with Gasteiger partial charge in [0.2, 0.25) is 0 Å². The van der Waals surface area contributed by atoms with Crippen molar-refractivity contribution in [1.82, 2.24) is 19.6 Å². The number of nitrogens with one attached hydrogen (secondary N) is 1. The average Bonchev–Trinajstić information content (AvgIpc) is 2.89. The van der Waals surface area contributed by atoms with Gasteiger partial charge in [0.15, 0.2) is 0 Å². The van der Waals surface area contributed by atoms with Crippen LogP contribution in [0.5, 0.6) is 0 Å². The molecule has 0 aliphatic heterocycles. The third-order valence-electron chi connectivity index (χ3n) is 2.72. The molecule has 5 nitrogen and oxygen atoms in total. The molecule has 0 atom stereocenters. The second-order valence-electron chi connectivity index (χ2n) is 4.08. The Morgan fingerprint density at radius 1 is 1.22 bits per heavy atom. The number of aromatic amines is 1. The molecule has 0 amide bonds. The van der Waals surface area contributed by atoms with Crippen LogP contribution < -0.4 is 5.73 Å². The number of H-pyrrole nitrogens is 1. The summed E-state index contributed by atoms with van der Waals surface area (Å²) in [6.45, 7) is 0.393. The van der Waals surface area contributed by atoms with E-state index in [0.717, 1.165) is 17.1 Å². The summed E-state index contributed by atoms with van der Waals surface area (Å²) in [7, 11) is 0. The minimum Gasteiger partial charge on any atom is -0.325 e. The summed E-state index contributed by atoms with van der Waals surface area (Å²) in [6, 6.07) is 6.36. The zero-order chi connectivity index (χ0) is 12.5. The molecule has 0 saturated heterocycles. The van der Waals surface area contributed by atoms with E-state index >= 15 is 0 Å². The van der Waals surface area contributed by atoms with Gasteiger partial charge >= 0.3 is 0 Å². The van der Waals surface area contributed by atoms with Crippen molar-refractivity contribution < 1.29 is 4.39 Å². The van der Waals surface area contributed by atoms with Crippen LogP contribution in [0.1, 0.15) is 17.1 Å². The number of hydrogen-bond donors (Lipinski definition) is 2. The number of rotatable bonds is 3. The number of hydrogen-bond acceptors (Lipinski definition) is 3. The summed E-state index contributed by atoms with van der Waals surface area (Å²) >= 11 is 0. The molecule has 0 bridgehead atoms. The Bertz CT molecular complexity index is 636. The molecule has 0 radical (unpaired) electrons. The number of nitrogens with two attached hydrogens (primary N) is 1. The van der Waals surface area contributed by atoms with Gasteiger partial charge in [-0.3, -0.25) is 5.10 Å². The van der Waals surface area contributed by atoms with Crippen LogP contribution in [0, 0.1) is 5.82 Å². The number of imidazole rings is 1. The monoisotopic (exact) mass is 245 g/mol. The highest BCUT2D eigenvalue weighted by Crippen LogP contribution is 2.09. The Balaban J connectivity index is 1.86. The lowest BCUT2D eigenvalue weighted by atomic mass is 10.1. The maximum absolute atomic E-state index is 12.8. The van der Waals surface area contributed by atoms with Crippen LogP contribution in [-0.2, 0) is 13.0 Å². The van der Waals surface area contributed by atoms with E-state index < -0.39 is 0 Å². The largest absolute Gasteiger partial charge is 0.325 e. The molecule has 0 spiro atoms. The molecule has 0 aliphatic rings. The first kappa shape index (κ1) is 10.9. The van der Waals surface area contributed by atoms with E-state index in [0.29, 0.717) is 18.7 Å². The van der Waals surface area contributed by atoms with E-state index in [2.05, 4.69) is 15.1 Å². The zero-order valence-electron chi connectivity index (χ0n) is 9.60. The molecule has 3 rings (SSSR count). The lowest BCUT2D eigenvalue weighted by Gasteiger charge is -1.97. The Morgan fingerprint density at radius 2 is 2.00 bits per heavy atom. The topological polar surface area (TPSA) is 72.0 Å². The third kappa shape index (κ3) is 1.98. The van der Waals surface area contributed by atoms with Crippen LogP contribution in [0.2, 0.25) is 0 Å². The van der Waals surface area contributed by atoms with Crippen molar-refractivity contribution in [2.24, 2.45) is 5.73 Å². The Hall–Kier alpha value is -2.21. The van der Waals surface area contributed by atoms with Crippen molar-refractivity contribution in [2.75, 3.05) is 0 Å². The maximum atomic E-state index is 12.8. The fraction of sp³-hybridized carbons (Fsp3) is 0.167. The van der Waals surface area contributed by atoms with Gasteiger partial charge < -0.3 is 5.73 Å². The van der Waals surface area contributed by atoms with Crippen LogP contribution in [0.3, 0.4) is 0 Å². The molecule has 0 fully saturated rings. The van der Waals surface area contributed by atoms with E-state index in [1.807, 2.05) is 6.20 Å². The van der Waals surface area contributed by atoms with Crippen molar-refractivity contribution in [3.05, 3.63) is 53.4 Å². The highest BCUT2D eigenvalue weighted by molar-refractivity contribution is 5.31. The van der Waals surface area contributed by atoms with Gasteiger partial charge in [-0.05, 0) is 17.7 Å². The fourth-order valence-corrected chi connectivity index (χ4v) is 1.84. The van der Waals surface area contributed by atoms with Gasteiger partial charge in [-0.25, -0.2) is 13.9 Å². The van der Waals surface area contributed by atoms with E-state index in [9.17, 15) is 4.39 Å². The number of nitrogens with zero attached hydrogens (tertiary/aromatic N) is 3. The van der Waals surface area contributed by atoms with E-state index in [1.54, 1.807) is 16.6 Å². The quantitative estimate of drug-likeness (QED) is 0.729. The highest BCUT2D eigenvalue weighted by Gasteiger charge is 2.07. The molecule has 3 N–H and O–H groups in total. The number of benzene rings is 1. The summed E-state index contributed by atoms with van der Waals surface area (Å²) in [5.74, 6) is 1.15. The van der Waals surface area contributed by atoms with Crippen LogP contribution in [0.25, 0.3) is 5.78 Å². The van der Waals surface area contributed by atoms with Gasteiger partial charge in [-0.2, -0.15) is 4.98 Å². The van der Waals surface area contributed by atoms with Gasteiger partial charge in [0.05, 0.1) is 11.9 Å². The molecule has 3 aromatic rings. The first-order valence-corrected chi connectivity index (χ1v) is 5.62. The summed E-state index contributed by atoms with van der Waals surface area (Å²) in [4.78, 5) is 8.59. The van der Waals surface area contributed by atoms with Gasteiger partial charge in [-0.15, -0.1) is 0 Å². The second kappa shape index (κ2) is 4.23. The van der Waals surface area contributed by atoms with Gasteiger partial charge in [0, 0.05) is 13.0 Å². The summed E-state index contributed by atoms with van der Waals surface area (Å²) < 4.78 is 14.5. The van der Waals surface area contributed by atoms with Crippen molar-refractivity contribution in [3.8, 4) is 0 Å². The first-order chi connectivity index (χ1) is 8.74. The molecule has 0 saturated carbocycles. The summed E-state index contributed by atoms with van der Waals surface area (Å²) in [5.41, 5.74) is 7.28. The highest BCUT2D eigenvalue weighted by atomic mass is 19.1. The summed E-state index contributed by atoms with van der Waals surface area (Å²) in [5, 5.41) is 3.11. The predicted octanol–water partition coefficient (Wildman–Crippen LogP) is 1.25. The number of fused-ring (bicyclic) bond motifs is 1. The molecule has 2 heterocycles. The van der Waals surface area contributed by atoms with Crippen molar-refractivity contribution in [1.29, 1.82) is 0 Å². The molecule has 1 aromatic carbocycles. The third-order valence-corrected chi connectivity index (χ3v) is 2.72. The number of aromatic nitrogens is 4. The minimum atomic E-state index is -0.236. The van der Waals surface area contributed by atoms with Crippen molar-refractivity contribution in [3.63, 3.8) is 0 Å². The smallest absolute Gasteiger partial charge is 0.250 e. The second-order valence-corrected chi connectivity index (χ2v) is 4.08. The zero-order valence-corrected chi connectivity index (χ0v) is 9.60. The van der Waals surface area contributed by atoms with Crippen molar-refractivity contribution >= 4 is 5.78 Å². The van der Waals surface area contributed by atoms with E-state index in [-0.39, 0.29) is 5.82 Å². The van der Waals surface area contributed by atoms with Crippen LogP contribution >= 0.6 is 0 Å².